The first-order chi connectivity index (χ1) is 9.90. The Morgan fingerprint density at radius 3 is 2.71 bits per heavy atom. The van der Waals surface area contributed by atoms with Crippen LogP contribution < -0.4 is 0 Å². The second-order valence-corrected chi connectivity index (χ2v) is 8.44. The molecule has 0 radical (unpaired) electrons. The van der Waals surface area contributed by atoms with Gasteiger partial charge in [0.05, 0.1) is 0 Å². The molecule has 1 unspecified atom stereocenters. The van der Waals surface area contributed by atoms with Crippen molar-refractivity contribution in [3.8, 4) is 0 Å². The summed E-state index contributed by atoms with van der Waals surface area (Å²) in [6, 6.07) is 0. The van der Waals surface area contributed by atoms with Gasteiger partial charge in [0.25, 0.3) is 0 Å². The zero-order valence-corrected chi connectivity index (χ0v) is 14.1. The Morgan fingerprint density at radius 1 is 1.29 bits per heavy atom. The van der Waals surface area contributed by atoms with Gasteiger partial charge in [-0.25, -0.2) is 0 Å². The summed E-state index contributed by atoms with van der Waals surface area (Å²) in [5, 5.41) is 0. The number of rotatable bonds is 2. The SMILES string of the molecule is CC(C)C1=CC[C@H]2C(=C1)CCC1[C@]2(C)CCC[C@@]1(C)C=O. The van der Waals surface area contributed by atoms with Crippen molar-refractivity contribution < 1.29 is 4.79 Å². The van der Waals surface area contributed by atoms with Gasteiger partial charge in [0.15, 0.2) is 0 Å². The van der Waals surface area contributed by atoms with Gasteiger partial charge in [0.1, 0.15) is 6.29 Å². The van der Waals surface area contributed by atoms with Crippen LogP contribution in [0.5, 0.6) is 0 Å². The van der Waals surface area contributed by atoms with E-state index in [0.717, 1.165) is 6.42 Å². The van der Waals surface area contributed by atoms with E-state index in [4.69, 9.17) is 0 Å². The van der Waals surface area contributed by atoms with Gasteiger partial charge >= 0.3 is 0 Å². The first-order valence-electron chi connectivity index (χ1n) is 8.77. The van der Waals surface area contributed by atoms with Gasteiger partial charge in [-0.3, -0.25) is 0 Å². The minimum absolute atomic E-state index is 0.0828. The smallest absolute Gasteiger partial charge is 0.126 e. The third-order valence-electron chi connectivity index (χ3n) is 6.87. The van der Waals surface area contributed by atoms with Crippen LogP contribution >= 0.6 is 0 Å². The van der Waals surface area contributed by atoms with Crippen molar-refractivity contribution in [1.82, 2.24) is 0 Å². The van der Waals surface area contributed by atoms with Crippen LogP contribution in [0.2, 0.25) is 0 Å². The molecule has 0 aromatic rings. The predicted octanol–water partition coefficient (Wildman–Crippen LogP) is 5.32. The lowest BCUT2D eigenvalue weighted by molar-refractivity contribution is -0.130. The summed E-state index contributed by atoms with van der Waals surface area (Å²) in [5.41, 5.74) is 3.45. The molecular formula is C20H30O. The minimum atomic E-state index is -0.0828. The van der Waals surface area contributed by atoms with E-state index in [1.54, 1.807) is 5.57 Å². The molecule has 0 spiro atoms. The van der Waals surface area contributed by atoms with Crippen molar-refractivity contribution in [3.05, 3.63) is 23.3 Å². The molecule has 2 fully saturated rings. The molecule has 3 rings (SSSR count). The van der Waals surface area contributed by atoms with Gasteiger partial charge in [-0.2, -0.15) is 0 Å². The molecule has 0 aromatic carbocycles. The van der Waals surface area contributed by atoms with Crippen molar-refractivity contribution in [2.45, 2.75) is 66.2 Å². The second-order valence-electron chi connectivity index (χ2n) is 8.44. The number of hydrogen-bond donors (Lipinski definition) is 0. The largest absolute Gasteiger partial charge is 0.303 e. The third kappa shape index (κ3) is 2.24. The first-order valence-corrected chi connectivity index (χ1v) is 8.77. The minimum Gasteiger partial charge on any atom is -0.303 e. The molecule has 0 bridgehead atoms. The van der Waals surface area contributed by atoms with Crippen LogP contribution in [0, 0.1) is 28.6 Å². The summed E-state index contributed by atoms with van der Waals surface area (Å²) in [7, 11) is 0. The number of hydrogen-bond acceptors (Lipinski definition) is 1. The Labute approximate surface area is 129 Å². The van der Waals surface area contributed by atoms with Crippen LogP contribution in [-0.2, 0) is 4.79 Å². The van der Waals surface area contributed by atoms with Crippen LogP contribution in [0.25, 0.3) is 0 Å². The lowest BCUT2D eigenvalue weighted by Crippen LogP contribution is -2.51. The fourth-order valence-electron chi connectivity index (χ4n) is 5.60. The van der Waals surface area contributed by atoms with E-state index < -0.39 is 0 Å². The van der Waals surface area contributed by atoms with Crippen molar-refractivity contribution in [2.24, 2.45) is 28.6 Å². The Kier molecular flexibility index (Phi) is 3.66. The molecule has 0 amide bonds. The van der Waals surface area contributed by atoms with Crippen molar-refractivity contribution in [3.63, 3.8) is 0 Å². The van der Waals surface area contributed by atoms with E-state index in [2.05, 4.69) is 39.8 Å². The fourth-order valence-corrected chi connectivity index (χ4v) is 5.60. The maximum atomic E-state index is 11.8. The van der Waals surface area contributed by atoms with Gasteiger partial charge in [-0.15, -0.1) is 0 Å². The molecule has 0 aliphatic heterocycles. The molecule has 3 aliphatic carbocycles. The van der Waals surface area contributed by atoms with E-state index in [1.807, 2.05) is 0 Å². The van der Waals surface area contributed by atoms with Gasteiger partial charge < -0.3 is 4.79 Å². The Balaban J connectivity index is 1.94. The molecule has 4 atom stereocenters. The van der Waals surface area contributed by atoms with Crippen LogP contribution in [-0.4, -0.2) is 6.29 Å². The van der Waals surface area contributed by atoms with Crippen molar-refractivity contribution in [1.29, 1.82) is 0 Å². The normalized spacial score (nSPS) is 42.7. The summed E-state index contributed by atoms with van der Waals surface area (Å²) in [6.07, 6.45) is 13.5. The molecule has 0 aromatic heterocycles. The van der Waals surface area contributed by atoms with E-state index in [1.165, 1.54) is 44.0 Å². The van der Waals surface area contributed by atoms with Gasteiger partial charge in [-0.1, -0.05) is 51.8 Å². The highest BCUT2D eigenvalue weighted by Crippen LogP contribution is 2.62. The van der Waals surface area contributed by atoms with Crippen LogP contribution in [0.4, 0.5) is 0 Å². The summed E-state index contributed by atoms with van der Waals surface area (Å²) in [5.74, 6) is 1.89. The second kappa shape index (κ2) is 5.11. The summed E-state index contributed by atoms with van der Waals surface area (Å²) < 4.78 is 0. The van der Waals surface area contributed by atoms with Gasteiger partial charge in [-0.05, 0) is 60.8 Å². The Hall–Kier alpha value is -0.850. The van der Waals surface area contributed by atoms with Crippen LogP contribution in [0.15, 0.2) is 23.3 Å². The number of carbonyl (C=O) groups excluding carboxylic acids is 1. The number of allylic oxidation sites excluding steroid dienone is 4. The molecular weight excluding hydrogens is 256 g/mol. The van der Waals surface area contributed by atoms with E-state index in [9.17, 15) is 4.79 Å². The maximum absolute atomic E-state index is 11.8. The van der Waals surface area contributed by atoms with E-state index in [-0.39, 0.29) is 5.41 Å². The quantitative estimate of drug-likeness (QED) is 0.628. The topological polar surface area (TPSA) is 17.1 Å². The molecule has 2 saturated carbocycles. The summed E-state index contributed by atoms with van der Waals surface area (Å²) in [6.45, 7) is 9.28. The highest BCUT2D eigenvalue weighted by Gasteiger charge is 2.54. The Bertz CT molecular complexity index is 498. The number of aldehydes is 1. The molecule has 0 N–H and O–H groups in total. The monoisotopic (exact) mass is 286 g/mol. The van der Waals surface area contributed by atoms with Crippen LogP contribution in [0.1, 0.15) is 66.2 Å². The average Bonchev–Trinajstić information content (AvgIpc) is 2.46. The van der Waals surface area contributed by atoms with Gasteiger partial charge in [0, 0.05) is 5.41 Å². The van der Waals surface area contributed by atoms with E-state index in [0.29, 0.717) is 23.2 Å². The number of fused-ring (bicyclic) bond motifs is 3. The highest BCUT2D eigenvalue weighted by molar-refractivity contribution is 5.60. The molecule has 21 heavy (non-hydrogen) atoms. The lowest BCUT2D eigenvalue weighted by atomic mass is 9.46. The predicted molar refractivity (Wildman–Crippen MR) is 88.0 cm³/mol. The fraction of sp³-hybridized carbons (Fsp3) is 0.750. The first kappa shape index (κ1) is 15.1. The zero-order chi connectivity index (χ0) is 15.3. The molecule has 0 saturated heterocycles. The Morgan fingerprint density at radius 2 is 2.05 bits per heavy atom. The molecule has 0 heterocycles. The molecule has 1 heteroatoms. The standard InChI is InChI=1S/C20H30O/c1-14(2)15-6-8-17-16(12-15)7-9-18-19(3,13-21)10-5-11-20(17,18)4/h6,12-14,17-18H,5,7-11H2,1-4H3/t17-,18?,19-,20+/m0/s1. The van der Waals surface area contributed by atoms with Crippen molar-refractivity contribution in [2.75, 3.05) is 0 Å². The van der Waals surface area contributed by atoms with Crippen LogP contribution in [0.3, 0.4) is 0 Å². The van der Waals surface area contributed by atoms with E-state index >= 15 is 0 Å². The lowest BCUT2D eigenvalue weighted by Gasteiger charge is -2.57. The molecule has 116 valence electrons. The highest BCUT2D eigenvalue weighted by atomic mass is 16.1. The summed E-state index contributed by atoms with van der Waals surface area (Å²) in [4.78, 5) is 11.8. The maximum Gasteiger partial charge on any atom is 0.126 e. The average molecular weight is 286 g/mol. The number of carbonyl (C=O) groups is 1. The molecule has 3 aliphatic rings. The zero-order valence-electron chi connectivity index (χ0n) is 14.1. The van der Waals surface area contributed by atoms with Gasteiger partial charge in [0.2, 0.25) is 0 Å². The third-order valence-corrected chi connectivity index (χ3v) is 6.87. The molecule has 1 nitrogen and oxygen atoms in total. The van der Waals surface area contributed by atoms with Crippen molar-refractivity contribution >= 4 is 6.29 Å². The summed E-state index contributed by atoms with van der Waals surface area (Å²) >= 11 is 0.